The average Bonchev–Trinajstić information content (AvgIpc) is 2.91. The van der Waals surface area contributed by atoms with Crippen molar-refractivity contribution in [1.82, 2.24) is 4.98 Å². The first kappa shape index (κ1) is 13.1. The Morgan fingerprint density at radius 2 is 1.68 bits per heavy atom. The van der Waals surface area contributed by atoms with Gasteiger partial charge in [-0.1, -0.05) is 41.9 Å². The highest BCUT2D eigenvalue weighted by atomic mass is 35.5. The highest BCUT2D eigenvalue weighted by Gasteiger charge is 2.03. The summed E-state index contributed by atoms with van der Waals surface area (Å²) in [5.74, 6) is 0. The van der Waals surface area contributed by atoms with Crippen LogP contribution in [0, 0.1) is 0 Å². The first-order valence-electron chi connectivity index (χ1n) is 7.10. The van der Waals surface area contributed by atoms with Crippen molar-refractivity contribution in [3.8, 4) is 0 Å². The van der Waals surface area contributed by atoms with Gasteiger partial charge in [0, 0.05) is 33.0 Å². The molecule has 1 N–H and O–H groups in total. The van der Waals surface area contributed by atoms with E-state index in [1.165, 1.54) is 10.8 Å². The molecule has 0 atom stereocenters. The van der Waals surface area contributed by atoms with E-state index in [9.17, 15) is 0 Å². The molecule has 4 aromatic rings. The van der Waals surface area contributed by atoms with Gasteiger partial charge in [0.05, 0.1) is 5.69 Å². The lowest BCUT2D eigenvalue weighted by Crippen LogP contribution is -1.79. The summed E-state index contributed by atoms with van der Waals surface area (Å²) in [6.45, 7) is 0. The number of rotatable bonds is 2. The number of para-hydroxylation sites is 1. The topological polar surface area (TPSA) is 28.1 Å². The Labute approximate surface area is 133 Å². The maximum atomic E-state index is 5.99. The number of aromatic nitrogens is 1. The second-order valence-electron chi connectivity index (χ2n) is 5.21. The molecule has 1 heterocycles. The summed E-state index contributed by atoms with van der Waals surface area (Å²) >= 11 is 5.99. The molecule has 1 aromatic heterocycles. The summed E-state index contributed by atoms with van der Waals surface area (Å²) < 4.78 is 0. The molecule has 2 nitrogen and oxygen atoms in total. The Kier molecular flexibility index (Phi) is 3.17. The average molecular weight is 305 g/mol. The minimum absolute atomic E-state index is 0.719. The van der Waals surface area contributed by atoms with Gasteiger partial charge >= 0.3 is 0 Å². The van der Waals surface area contributed by atoms with Gasteiger partial charge in [-0.3, -0.25) is 4.99 Å². The molecular formula is C19H13ClN2. The van der Waals surface area contributed by atoms with Crippen molar-refractivity contribution in [2.75, 3.05) is 0 Å². The van der Waals surface area contributed by atoms with E-state index >= 15 is 0 Å². The maximum absolute atomic E-state index is 5.99. The van der Waals surface area contributed by atoms with Crippen LogP contribution in [0.3, 0.4) is 0 Å². The number of halogens is 1. The molecule has 4 rings (SSSR count). The quantitative estimate of drug-likeness (QED) is 0.458. The van der Waals surface area contributed by atoms with Gasteiger partial charge in [-0.15, -0.1) is 0 Å². The third kappa shape index (κ3) is 2.38. The fraction of sp³-hybridized carbons (Fsp3) is 0. The fourth-order valence-corrected chi connectivity index (χ4v) is 2.85. The Bertz CT molecular complexity index is 999. The van der Waals surface area contributed by atoms with Crippen molar-refractivity contribution in [2.45, 2.75) is 0 Å². The SMILES string of the molecule is Clc1cccc(C=Nc2ccc3[nH]c4ccccc4c3c2)c1. The zero-order valence-electron chi connectivity index (χ0n) is 11.8. The predicted molar refractivity (Wildman–Crippen MR) is 94.5 cm³/mol. The Morgan fingerprint density at radius 1 is 0.818 bits per heavy atom. The van der Waals surface area contributed by atoms with Crippen LogP contribution in [0.1, 0.15) is 5.56 Å². The standard InChI is InChI=1S/C19H13ClN2/c20-14-5-3-4-13(10-14)12-21-15-8-9-19-17(11-15)16-6-1-2-7-18(16)22-19/h1-12,22H. The van der Waals surface area contributed by atoms with E-state index in [1.807, 2.05) is 42.6 Å². The van der Waals surface area contributed by atoms with Gasteiger partial charge in [0.1, 0.15) is 0 Å². The van der Waals surface area contributed by atoms with Gasteiger partial charge in [0.2, 0.25) is 0 Å². The molecule has 0 aliphatic heterocycles. The van der Waals surface area contributed by atoms with Crippen LogP contribution in [-0.2, 0) is 0 Å². The summed E-state index contributed by atoms with van der Waals surface area (Å²) in [5.41, 5.74) is 4.19. The molecule has 0 saturated carbocycles. The van der Waals surface area contributed by atoms with Crippen molar-refractivity contribution < 1.29 is 0 Å². The van der Waals surface area contributed by atoms with Crippen LogP contribution in [0.5, 0.6) is 0 Å². The number of nitrogens with one attached hydrogen (secondary N) is 1. The largest absolute Gasteiger partial charge is 0.355 e. The number of H-pyrrole nitrogens is 1. The van der Waals surface area contributed by atoms with Crippen LogP contribution in [0.2, 0.25) is 5.02 Å². The first-order valence-corrected chi connectivity index (χ1v) is 7.47. The van der Waals surface area contributed by atoms with Crippen LogP contribution < -0.4 is 0 Å². The number of benzene rings is 3. The van der Waals surface area contributed by atoms with Gasteiger partial charge in [0.25, 0.3) is 0 Å². The van der Waals surface area contributed by atoms with Crippen LogP contribution in [0.4, 0.5) is 5.69 Å². The second kappa shape index (κ2) is 5.32. The smallest absolute Gasteiger partial charge is 0.0637 e. The number of nitrogens with zero attached hydrogens (tertiary/aromatic N) is 1. The van der Waals surface area contributed by atoms with E-state index in [0.717, 1.165) is 27.3 Å². The van der Waals surface area contributed by atoms with E-state index < -0.39 is 0 Å². The van der Waals surface area contributed by atoms with E-state index in [2.05, 4.69) is 40.3 Å². The van der Waals surface area contributed by atoms with Crippen molar-refractivity contribution >= 4 is 45.3 Å². The van der Waals surface area contributed by atoms with Crippen molar-refractivity contribution in [3.63, 3.8) is 0 Å². The Balaban J connectivity index is 1.77. The minimum Gasteiger partial charge on any atom is -0.355 e. The molecule has 0 spiro atoms. The molecule has 22 heavy (non-hydrogen) atoms. The Morgan fingerprint density at radius 3 is 2.59 bits per heavy atom. The minimum atomic E-state index is 0.719. The molecular weight excluding hydrogens is 292 g/mol. The highest BCUT2D eigenvalue weighted by Crippen LogP contribution is 2.28. The maximum Gasteiger partial charge on any atom is 0.0637 e. The van der Waals surface area contributed by atoms with Crippen LogP contribution in [0.25, 0.3) is 21.8 Å². The molecule has 0 amide bonds. The van der Waals surface area contributed by atoms with Gasteiger partial charge in [-0.2, -0.15) is 0 Å². The number of fused-ring (bicyclic) bond motifs is 3. The van der Waals surface area contributed by atoms with Crippen LogP contribution >= 0.6 is 11.6 Å². The molecule has 0 radical (unpaired) electrons. The third-order valence-electron chi connectivity index (χ3n) is 3.70. The summed E-state index contributed by atoms with van der Waals surface area (Å²) in [6.07, 6.45) is 1.84. The summed E-state index contributed by atoms with van der Waals surface area (Å²) in [4.78, 5) is 7.97. The summed E-state index contributed by atoms with van der Waals surface area (Å²) in [6, 6.07) is 22.2. The van der Waals surface area contributed by atoms with E-state index in [-0.39, 0.29) is 0 Å². The second-order valence-corrected chi connectivity index (χ2v) is 5.65. The zero-order chi connectivity index (χ0) is 14.9. The lowest BCUT2D eigenvalue weighted by atomic mass is 10.1. The van der Waals surface area contributed by atoms with Gasteiger partial charge in [-0.25, -0.2) is 0 Å². The van der Waals surface area contributed by atoms with E-state index in [4.69, 9.17) is 11.6 Å². The molecule has 0 fully saturated rings. The van der Waals surface area contributed by atoms with Crippen LogP contribution in [0.15, 0.2) is 71.7 Å². The predicted octanol–water partition coefficient (Wildman–Crippen LogP) is 5.73. The van der Waals surface area contributed by atoms with Gasteiger partial charge in [-0.05, 0) is 42.0 Å². The zero-order valence-corrected chi connectivity index (χ0v) is 12.5. The summed E-state index contributed by atoms with van der Waals surface area (Å²) in [7, 11) is 0. The van der Waals surface area contributed by atoms with Crippen molar-refractivity contribution in [1.29, 1.82) is 0 Å². The number of aromatic amines is 1. The summed E-state index contributed by atoms with van der Waals surface area (Å²) in [5, 5.41) is 3.13. The molecule has 3 heteroatoms. The Hall–Kier alpha value is -2.58. The fourth-order valence-electron chi connectivity index (χ4n) is 2.65. The molecule has 0 saturated heterocycles. The first-order chi connectivity index (χ1) is 10.8. The normalized spacial score (nSPS) is 11.7. The molecule has 0 bridgehead atoms. The lowest BCUT2D eigenvalue weighted by Gasteiger charge is -1.97. The monoisotopic (exact) mass is 304 g/mol. The van der Waals surface area contributed by atoms with E-state index in [1.54, 1.807) is 0 Å². The molecule has 0 aliphatic rings. The molecule has 3 aromatic carbocycles. The number of aliphatic imine (C=N–C) groups is 1. The molecule has 0 aliphatic carbocycles. The van der Waals surface area contributed by atoms with Crippen molar-refractivity contribution in [2.24, 2.45) is 4.99 Å². The number of hydrogen-bond acceptors (Lipinski definition) is 1. The molecule has 106 valence electrons. The lowest BCUT2D eigenvalue weighted by molar-refractivity contribution is 1.52. The molecule has 0 unspecified atom stereocenters. The van der Waals surface area contributed by atoms with Crippen molar-refractivity contribution in [3.05, 3.63) is 77.3 Å². The van der Waals surface area contributed by atoms with Gasteiger partial charge < -0.3 is 4.98 Å². The van der Waals surface area contributed by atoms with Crippen LogP contribution in [-0.4, -0.2) is 11.2 Å². The van der Waals surface area contributed by atoms with Gasteiger partial charge in [0.15, 0.2) is 0 Å². The highest BCUT2D eigenvalue weighted by molar-refractivity contribution is 6.30. The third-order valence-corrected chi connectivity index (χ3v) is 3.94. The number of hydrogen-bond donors (Lipinski definition) is 1. The van der Waals surface area contributed by atoms with E-state index in [0.29, 0.717) is 0 Å².